The average Bonchev–Trinajstić information content (AvgIpc) is 3.22. The van der Waals surface area contributed by atoms with Gasteiger partial charge in [-0.1, -0.05) is 6.92 Å². The predicted octanol–water partition coefficient (Wildman–Crippen LogP) is 4.50. The fraction of sp³-hybridized carbons (Fsp3) is 0.480. The van der Waals surface area contributed by atoms with Crippen molar-refractivity contribution in [1.82, 2.24) is 9.88 Å². The zero-order chi connectivity index (χ0) is 24.1. The van der Waals surface area contributed by atoms with E-state index in [1.165, 1.54) is 5.56 Å². The Morgan fingerprint density at radius 3 is 2.32 bits per heavy atom. The fourth-order valence-corrected chi connectivity index (χ4v) is 5.12. The van der Waals surface area contributed by atoms with E-state index in [0.717, 1.165) is 44.0 Å². The third-order valence-corrected chi connectivity index (χ3v) is 7.71. The zero-order valence-electron chi connectivity index (χ0n) is 20.0. The summed E-state index contributed by atoms with van der Waals surface area (Å²) in [5.41, 5.74) is 2.31. The summed E-state index contributed by atoms with van der Waals surface area (Å²) in [6.45, 7) is 9.57. The van der Waals surface area contributed by atoms with Gasteiger partial charge in [0.2, 0.25) is 0 Å². The monoisotopic (exact) mass is 487 g/mol. The Bertz CT molecular complexity index is 1190. The number of aromatic nitrogens is 1. The number of likely N-dealkylation sites (tertiary alicyclic amines) is 1. The lowest BCUT2D eigenvalue weighted by Gasteiger charge is -2.32. The van der Waals surface area contributed by atoms with E-state index in [9.17, 15) is 8.42 Å². The number of nitrogens with zero attached hydrogens (tertiary/aromatic N) is 2. The first-order valence-electron chi connectivity index (χ1n) is 11.9. The largest absolute Gasteiger partial charge is 0.494 e. The quantitative estimate of drug-likeness (QED) is 0.447. The Morgan fingerprint density at radius 1 is 1.03 bits per heavy atom. The second-order valence-corrected chi connectivity index (χ2v) is 10.7. The van der Waals surface area contributed by atoms with Crippen molar-refractivity contribution >= 4 is 27.0 Å². The van der Waals surface area contributed by atoms with Gasteiger partial charge in [-0.15, -0.1) is 0 Å². The Balaban J connectivity index is 1.36. The first-order chi connectivity index (χ1) is 16.4. The number of piperidine rings is 1. The molecule has 8 nitrogen and oxygen atoms in total. The number of ether oxygens (including phenoxy) is 2. The van der Waals surface area contributed by atoms with Crippen LogP contribution in [0.2, 0.25) is 0 Å². The number of fused-ring (bicyclic) bond motifs is 1. The van der Waals surface area contributed by atoms with E-state index in [0.29, 0.717) is 30.3 Å². The first kappa shape index (κ1) is 24.3. The van der Waals surface area contributed by atoms with Crippen molar-refractivity contribution in [2.45, 2.75) is 51.1 Å². The summed E-state index contributed by atoms with van der Waals surface area (Å²) in [4.78, 5) is 7.17. The minimum Gasteiger partial charge on any atom is -0.494 e. The van der Waals surface area contributed by atoms with Gasteiger partial charge in [-0.2, -0.15) is 4.98 Å². The standard InChI is InChI=1S/C25H33N3O5S/c1-4-31-20-13-18(14-21(15-20)32-5-2)17-28-11-9-19(10-12-28)26-25-27-23-16-22(34(29,30)6-3)7-8-24(23)33-25/h7-8,13-16,19H,4-6,9-12,17H2,1-3H3,(H,26,27). The number of sulfone groups is 1. The molecule has 0 aliphatic carbocycles. The first-order valence-corrected chi connectivity index (χ1v) is 13.6. The second kappa shape index (κ2) is 10.7. The Hall–Kier alpha value is -2.78. The lowest BCUT2D eigenvalue weighted by atomic mass is 10.0. The second-order valence-electron chi connectivity index (χ2n) is 8.43. The van der Waals surface area contributed by atoms with Crippen LogP contribution in [0.4, 0.5) is 6.01 Å². The van der Waals surface area contributed by atoms with Gasteiger partial charge in [-0.25, -0.2) is 8.42 Å². The van der Waals surface area contributed by atoms with Crippen LogP contribution in [0.3, 0.4) is 0 Å². The highest BCUT2D eigenvalue weighted by atomic mass is 32.2. The van der Waals surface area contributed by atoms with E-state index in [-0.39, 0.29) is 16.7 Å². The van der Waals surface area contributed by atoms with Gasteiger partial charge in [-0.05, 0) is 62.6 Å². The normalized spacial score (nSPS) is 15.5. The average molecular weight is 488 g/mol. The molecular formula is C25H33N3O5S. The van der Waals surface area contributed by atoms with Gasteiger partial charge in [0.25, 0.3) is 6.01 Å². The number of oxazole rings is 1. The molecule has 0 atom stereocenters. The Morgan fingerprint density at radius 2 is 1.71 bits per heavy atom. The van der Waals surface area contributed by atoms with Crippen molar-refractivity contribution in [2.24, 2.45) is 0 Å². The fourth-order valence-electron chi connectivity index (χ4n) is 4.22. The number of benzene rings is 2. The molecular weight excluding hydrogens is 454 g/mol. The van der Waals surface area contributed by atoms with Gasteiger partial charge in [0.15, 0.2) is 15.4 Å². The molecule has 1 aliphatic heterocycles. The number of hydrogen-bond acceptors (Lipinski definition) is 8. The third kappa shape index (κ3) is 5.82. The van der Waals surface area contributed by atoms with E-state index in [2.05, 4.69) is 27.3 Å². The van der Waals surface area contributed by atoms with Gasteiger partial charge < -0.3 is 19.2 Å². The molecule has 0 radical (unpaired) electrons. The van der Waals surface area contributed by atoms with Gasteiger partial charge in [0.05, 0.1) is 23.9 Å². The molecule has 184 valence electrons. The molecule has 34 heavy (non-hydrogen) atoms. The molecule has 9 heteroatoms. The molecule has 1 aliphatic rings. The third-order valence-electron chi connectivity index (χ3n) is 5.98. The number of anilines is 1. The Kier molecular flexibility index (Phi) is 7.63. The van der Waals surface area contributed by atoms with Gasteiger partial charge in [-0.3, -0.25) is 4.90 Å². The van der Waals surface area contributed by atoms with E-state index < -0.39 is 9.84 Å². The van der Waals surface area contributed by atoms with Gasteiger partial charge in [0, 0.05) is 31.7 Å². The van der Waals surface area contributed by atoms with Gasteiger partial charge in [0.1, 0.15) is 17.0 Å². The van der Waals surface area contributed by atoms with Crippen molar-refractivity contribution < 1.29 is 22.3 Å². The van der Waals surface area contributed by atoms with Crippen molar-refractivity contribution in [3.05, 3.63) is 42.0 Å². The summed E-state index contributed by atoms with van der Waals surface area (Å²) >= 11 is 0. The lowest BCUT2D eigenvalue weighted by molar-refractivity contribution is 0.209. The summed E-state index contributed by atoms with van der Waals surface area (Å²) < 4.78 is 41.5. The molecule has 2 aromatic carbocycles. The maximum absolute atomic E-state index is 12.1. The molecule has 4 rings (SSSR count). The molecule has 1 fully saturated rings. The minimum atomic E-state index is -3.28. The van der Waals surface area contributed by atoms with Crippen LogP contribution in [0.25, 0.3) is 11.1 Å². The molecule has 1 saturated heterocycles. The molecule has 0 spiro atoms. The molecule has 0 saturated carbocycles. The summed E-state index contributed by atoms with van der Waals surface area (Å²) in [5, 5.41) is 3.38. The molecule has 2 heterocycles. The zero-order valence-corrected chi connectivity index (χ0v) is 20.9. The van der Waals surface area contributed by atoms with Crippen molar-refractivity contribution in [2.75, 3.05) is 37.4 Å². The summed E-state index contributed by atoms with van der Waals surface area (Å²) in [6.07, 6.45) is 1.91. The molecule has 0 unspecified atom stereocenters. The van der Waals surface area contributed by atoms with Crippen LogP contribution in [0.5, 0.6) is 11.5 Å². The molecule has 3 aromatic rings. The lowest BCUT2D eigenvalue weighted by Crippen LogP contribution is -2.38. The van der Waals surface area contributed by atoms with E-state index in [4.69, 9.17) is 13.9 Å². The predicted molar refractivity (Wildman–Crippen MR) is 132 cm³/mol. The van der Waals surface area contributed by atoms with E-state index in [1.807, 2.05) is 19.9 Å². The molecule has 0 bridgehead atoms. The van der Waals surface area contributed by atoms with Crippen LogP contribution >= 0.6 is 0 Å². The summed E-state index contributed by atoms with van der Waals surface area (Å²) in [6, 6.07) is 11.6. The smallest absolute Gasteiger partial charge is 0.295 e. The van der Waals surface area contributed by atoms with Crippen molar-refractivity contribution in [1.29, 1.82) is 0 Å². The number of rotatable bonds is 10. The molecule has 0 amide bonds. The van der Waals surface area contributed by atoms with Crippen LogP contribution in [0.15, 0.2) is 45.7 Å². The van der Waals surface area contributed by atoms with E-state index >= 15 is 0 Å². The van der Waals surface area contributed by atoms with Crippen molar-refractivity contribution in [3.63, 3.8) is 0 Å². The van der Waals surface area contributed by atoms with Crippen LogP contribution in [-0.2, 0) is 16.4 Å². The summed E-state index contributed by atoms with van der Waals surface area (Å²) in [7, 11) is -3.28. The Labute approximate surface area is 201 Å². The molecule has 1 N–H and O–H groups in total. The van der Waals surface area contributed by atoms with Crippen LogP contribution < -0.4 is 14.8 Å². The highest BCUT2D eigenvalue weighted by molar-refractivity contribution is 7.91. The maximum Gasteiger partial charge on any atom is 0.295 e. The van der Waals surface area contributed by atoms with Crippen LogP contribution in [0, 0.1) is 0 Å². The summed E-state index contributed by atoms with van der Waals surface area (Å²) in [5.74, 6) is 1.74. The molecule has 1 aromatic heterocycles. The minimum absolute atomic E-state index is 0.0584. The number of hydrogen-bond donors (Lipinski definition) is 1. The SMILES string of the molecule is CCOc1cc(CN2CCC(Nc3nc4cc(S(=O)(=O)CC)ccc4o3)CC2)cc(OCC)c1. The number of nitrogens with one attached hydrogen (secondary N) is 1. The van der Waals surface area contributed by atoms with Crippen LogP contribution in [-0.4, -0.2) is 56.4 Å². The van der Waals surface area contributed by atoms with E-state index in [1.54, 1.807) is 25.1 Å². The highest BCUT2D eigenvalue weighted by Crippen LogP contribution is 2.27. The van der Waals surface area contributed by atoms with Gasteiger partial charge >= 0.3 is 0 Å². The topological polar surface area (TPSA) is 93.9 Å². The van der Waals surface area contributed by atoms with Crippen LogP contribution in [0.1, 0.15) is 39.2 Å². The van der Waals surface area contributed by atoms with Crippen molar-refractivity contribution in [3.8, 4) is 11.5 Å². The maximum atomic E-state index is 12.1. The highest BCUT2D eigenvalue weighted by Gasteiger charge is 2.22.